The van der Waals surface area contributed by atoms with Gasteiger partial charge in [-0.3, -0.25) is 4.79 Å². The highest BCUT2D eigenvalue weighted by atomic mass is 16.2. The lowest BCUT2D eigenvalue weighted by molar-refractivity contribution is -0.130. The molecule has 0 radical (unpaired) electrons. The van der Waals surface area contributed by atoms with Crippen LogP contribution in [-0.2, 0) is 4.79 Å². The van der Waals surface area contributed by atoms with E-state index in [1.807, 2.05) is 18.7 Å². The third-order valence-electron chi connectivity index (χ3n) is 1.92. The summed E-state index contributed by atoms with van der Waals surface area (Å²) < 4.78 is 0. The van der Waals surface area contributed by atoms with Gasteiger partial charge in [-0.15, -0.1) is 6.58 Å². The van der Waals surface area contributed by atoms with E-state index in [0.29, 0.717) is 6.42 Å². The molecule has 0 aliphatic rings. The van der Waals surface area contributed by atoms with Gasteiger partial charge in [-0.05, 0) is 13.8 Å². The fraction of sp³-hybridized carbons (Fsp3) is 0.700. The van der Waals surface area contributed by atoms with Crippen LogP contribution in [0.3, 0.4) is 0 Å². The molecule has 76 valence electrons. The maximum Gasteiger partial charge on any atom is 0.223 e. The first-order chi connectivity index (χ1) is 6.26. The SMILES string of the molecule is C=CCNCCC(=O)N(CC)CC. The van der Waals surface area contributed by atoms with Gasteiger partial charge in [0, 0.05) is 32.6 Å². The van der Waals surface area contributed by atoms with Crippen LogP contribution in [0.25, 0.3) is 0 Å². The van der Waals surface area contributed by atoms with Gasteiger partial charge in [0.2, 0.25) is 5.91 Å². The van der Waals surface area contributed by atoms with E-state index in [0.717, 1.165) is 26.2 Å². The van der Waals surface area contributed by atoms with E-state index < -0.39 is 0 Å². The van der Waals surface area contributed by atoms with Crippen molar-refractivity contribution in [3.8, 4) is 0 Å². The number of rotatable bonds is 7. The van der Waals surface area contributed by atoms with Crippen molar-refractivity contribution in [3.05, 3.63) is 12.7 Å². The molecule has 13 heavy (non-hydrogen) atoms. The molecule has 0 heterocycles. The van der Waals surface area contributed by atoms with Crippen molar-refractivity contribution in [2.75, 3.05) is 26.2 Å². The summed E-state index contributed by atoms with van der Waals surface area (Å²) in [5.74, 6) is 0.224. The van der Waals surface area contributed by atoms with E-state index in [1.165, 1.54) is 0 Å². The first kappa shape index (κ1) is 12.2. The zero-order chi connectivity index (χ0) is 10.1. The maximum atomic E-state index is 11.4. The number of hydrogen-bond donors (Lipinski definition) is 1. The highest BCUT2D eigenvalue weighted by Crippen LogP contribution is 1.92. The summed E-state index contributed by atoms with van der Waals surface area (Å²) in [5, 5.41) is 3.10. The predicted molar refractivity (Wildman–Crippen MR) is 55.6 cm³/mol. The van der Waals surface area contributed by atoms with Crippen LogP contribution >= 0.6 is 0 Å². The monoisotopic (exact) mass is 184 g/mol. The number of nitrogens with one attached hydrogen (secondary N) is 1. The van der Waals surface area contributed by atoms with Gasteiger partial charge in [0.05, 0.1) is 0 Å². The van der Waals surface area contributed by atoms with E-state index in [9.17, 15) is 4.79 Å². The molecule has 0 aromatic rings. The van der Waals surface area contributed by atoms with Gasteiger partial charge >= 0.3 is 0 Å². The maximum absolute atomic E-state index is 11.4. The molecule has 0 aromatic heterocycles. The molecule has 3 nitrogen and oxygen atoms in total. The minimum Gasteiger partial charge on any atom is -0.343 e. The molecule has 0 rings (SSSR count). The second-order valence-corrected chi connectivity index (χ2v) is 2.81. The number of amides is 1. The lowest BCUT2D eigenvalue weighted by atomic mass is 10.3. The highest BCUT2D eigenvalue weighted by Gasteiger charge is 2.07. The second-order valence-electron chi connectivity index (χ2n) is 2.81. The van der Waals surface area contributed by atoms with E-state index in [-0.39, 0.29) is 5.91 Å². The van der Waals surface area contributed by atoms with Gasteiger partial charge in [0.1, 0.15) is 0 Å². The lowest BCUT2D eigenvalue weighted by Crippen LogP contribution is -2.32. The van der Waals surface area contributed by atoms with E-state index in [4.69, 9.17) is 0 Å². The Hall–Kier alpha value is -0.830. The zero-order valence-corrected chi connectivity index (χ0v) is 8.68. The molecule has 0 bridgehead atoms. The minimum absolute atomic E-state index is 0.224. The van der Waals surface area contributed by atoms with Crippen molar-refractivity contribution in [1.82, 2.24) is 10.2 Å². The predicted octanol–water partition coefficient (Wildman–Crippen LogP) is 1.02. The fourth-order valence-electron chi connectivity index (χ4n) is 1.13. The molecule has 0 spiro atoms. The number of hydrogen-bond acceptors (Lipinski definition) is 2. The second kappa shape index (κ2) is 7.80. The van der Waals surface area contributed by atoms with Crippen molar-refractivity contribution >= 4 is 5.91 Å². The molecule has 0 unspecified atom stereocenters. The van der Waals surface area contributed by atoms with Crippen LogP contribution in [0.5, 0.6) is 0 Å². The Balaban J connectivity index is 3.54. The molecule has 1 amide bonds. The average Bonchev–Trinajstić information content (AvgIpc) is 2.14. The Morgan fingerprint density at radius 2 is 2.08 bits per heavy atom. The van der Waals surface area contributed by atoms with E-state index in [2.05, 4.69) is 11.9 Å². The van der Waals surface area contributed by atoms with Gasteiger partial charge in [0.25, 0.3) is 0 Å². The van der Waals surface area contributed by atoms with Crippen molar-refractivity contribution < 1.29 is 4.79 Å². The topological polar surface area (TPSA) is 32.3 Å². The van der Waals surface area contributed by atoms with Gasteiger partial charge in [-0.25, -0.2) is 0 Å². The van der Waals surface area contributed by atoms with Crippen LogP contribution in [0.2, 0.25) is 0 Å². The van der Waals surface area contributed by atoms with Crippen LogP contribution in [0.4, 0.5) is 0 Å². The smallest absolute Gasteiger partial charge is 0.223 e. The molecule has 0 saturated carbocycles. The van der Waals surface area contributed by atoms with Crippen LogP contribution in [0.15, 0.2) is 12.7 Å². The normalized spacial score (nSPS) is 9.69. The van der Waals surface area contributed by atoms with Gasteiger partial charge < -0.3 is 10.2 Å². The Kier molecular flexibility index (Phi) is 7.30. The summed E-state index contributed by atoms with van der Waals surface area (Å²) in [5.41, 5.74) is 0. The third-order valence-corrected chi connectivity index (χ3v) is 1.92. The first-order valence-electron chi connectivity index (χ1n) is 4.85. The summed E-state index contributed by atoms with van der Waals surface area (Å²) in [6.07, 6.45) is 2.37. The quantitative estimate of drug-likeness (QED) is 0.473. The molecule has 0 aromatic carbocycles. The molecular weight excluding hydrogens is 164 g/mol. The molecule has 0 saturated heterocycles. The van der Waals surface area contributed by atoms with Crippen LogP contribution in [-0.4, -0.2) is 37.0 Å². The molecule has 1 N–H and O–H groups in total. The van der Waals surface area contributed by atoms with E-state index >= 15 is 0 Å². The molecule has 0 atom stereocenters. The third kappa shape index (κ3) is 5.42. The molecule has 3 heteroatoms. The molecule has 0 fully saturated rings. The number of nitrogens with zero attached hydrogens (tertiary/aromatic N) is 1. The summed E-state index contributed by atoms with van der Waals surface area (Å²) in [4.78, 5) is 13.3. The summed E-state index contributed by atoms with van der Waals surface area (Å²) in [6.45, 7) is 10.7. The van der Waals surface area contributed by atoms with Crippen molar-refractivity contribution in [3.63, 3.8) is 0 Å². The number of carbonyl (C=O) groups excluding carboxylic acids is 1. The summed E-state index contributed by atoms with van der Waals surface area (Å²) >= 11 is 0. The Morgan fingerprint density at radius 1 is 1.46 bits per heavy atom. The molecule has 0 aliphatic heterocycles. The van der Waals surface area contributed by atoms with Crippen LogP contribution in [0.1, 0.15) is 20.3 Å². The summed E-state index contributed by atoms with van der Waals surface area (Å²) in [7, 11) is 0. The van der Waals surface area contributed by atoms with Crippen LogP contribution in [0, 0.1) is 0 Å². The standard InChI is InChI=1S/C10H20N2O/c1-4-8-11-9-7-10(13)12(5-2)6-3/h4,11H,1,5-9H2,2-3H3. The van der Waals surface area contributed by atoms with Crippen molar-refractivity contribution in [2.24, 2.45) is 0 Å². The molecule has 0 aliphatic carbocycles. The van der Waals surface area contributed by atoms with Gasteiger partial charge in [0.15, 0.2) is 0 Å². The molecular formula is C10H20N2O. The Morgan fingerprint density at radius 3 is 2.54 bits per heavy atom. The van der Waals surface area contributed by atoms with E-state index in [1.54, 1.807) is 6.08 Å². The van der Waals surface area contributed by atoms with Crippen LogP contribution < -0.4 is 5.32 Å². The van der Waals surface area contributed by atoms with Crippen molar-refractivity contribution in [2.45, 2.75) is 20.3 Å². The fourth-order valence-corrected chi connectivity index (χ4v) is 1.13. The largest absolute Gasteiger partial charge is 0.343 e. The Bertz CT molecular complexity index is 153. The Labute approximate surface area is 80.8 Å². The zero-order valence-electron chi connectivity index (χ0n) is 8.68. The number of carbonyl (C=O) groups is 1. The lowest BCUT2D eigenvalue weighted by Gasteiger charge is -2.18. The average molecular weight is 184 g/mol. The summed E-state index contributed by atoms with van der Waals surface area (Å²) in [6, 6.07) is 0. The highest BCUT2D eigenvalue weighted by molar-refractivity contribution is 5.76. The van der Waals surface area contributed by atoms with Gasteiger partial charge in [-0.1, -0.05) is 6.08 Å². The van der Waals surface area contributed by atoms with Gasteiger partial charge in [-0.2, -0.15) is 0 Å². The first-order valence-corrected chi connectivity index (χ1v) is 4.85. The van der Waals surface area contributed by atoms with Crippen molar-refractivity contribution in [1.29, 1.82) is 0 Å². The minimum atomic E-state index is 0.224.